The zero-order valence-electron chi connectivity index (χ0n) is 12.9. The van der Waals surface area contributed by atoms with E-state index in [0.29, 0.717) is 35.5 Å². The van der Waals surface area contributed by atoms with Gasteiger partial charge in [0.25, 0.3) is 5.56 Å². The van der Waals surface area contributed by atoms with Crippen LogP contribution in [0.2, 0.25) is 0 Å². The maximum atomic E-state index is 12.7. The summed E-state index contributed by atoms with van der Waals surface area (Å²) in [5.74, 6) is 0.392. The molecule has 6 heteroatoms. The zero-order chi connectivity index (χ0) is 16.6. The molecule has 0 N–H and O–H groups in total. The van der Waals surface area contributed by atoms with Gasteiger partial charge in [-0.05, 0) is 18.2 Å². The van der Waals surface area contributed by atoms with Gasteiger partial charge in [0.15, 0.2) is 5.78 Å². The van der Waals surface area contributed by atoms with Crippen molar-refractivity contribution < 1.29 is 9.53 Å². The molecule has 0 saturated heterocycles. The molecule has 0 unspecified atom stereocenters. The second-order valence-electron chi connectivity index (χ2n) is 5.44. The van der Waals surface area contributed by atoms with E-state index in [9.17, 15) is 14.4 Å². The first kappa shape index (κ1) is 15.0. The minimum Gasteiger partial charge on any atom is -0.492 e. The van der Waals surface area contributed by atoms with Crippen LogP contribution >= 0.6 is 0 Å². The quantitative estimate of drug-likeness (QED) is 0.740. The molecule has 1 aliphatic rings. The summed E-state index contributed by atoms with van der Waals surface area (Å²) in [5.41, 5.74) is 0.450. The molecule has 0 aliphatic carbocycles. The number of rotatable bonds is 1. The Bertz CT molecular complexity index is 934. The molecule has 0 spiro atoms. The monoisotopic (exact) mass is 312 g/mol. The minimum absolute atomic E-state index is 0.158. The van der Waals surface area contributed by atoms with Crippen LogP contribution in [0.3, 0.4) is 0 Å². The third-order valence-electron chi connectivity index (χ3n) is 3.86. The lowest BCUT2D eigenvalue weighted by Gasteiger charge is -2.06. The van der Waals surface area contributed by atoms with Crippen LogP contribution in [-0.2, 0) is 14.1 Å². The summed E-state index contributed by atoms with van der Waals surface area (Å²) in [6.45, 7) is 0.362. The van der Waals surface area contributed by atoms with Gasteiger partial charge >= 0.3 is 5.69 Å². The van der Waals surface area contributed by atoms with Gasteiger partial charge in [-0.25, -0.2) is 4.79 Å². The largest absolute Gasteiger partial charge is 0.492 e. The van der Waals surface area contributed by atoms with Gasteiger partial charge in [0.05, 0.1) is 17.7 Å². The molecule has 0 bridgehead atoms. The SMILES string of the molecule is Cn1cc(C=C2CCOc3ccccc3C2=O)c(=O)n(C)c1=O. The summed E-state index contributed by atoms with van der Waals surface area (Å²) in [7, 11) is 2.98. The fourth-order valence-electron chi connectivity index (χ4n) is 2.60. The van der Waals surface area contributed by atoms with Crippen LogP contribution in [0, 0.1) is 0 Å². The number of benzene rings is 1. The van der Waals surface area contributed by atoms with E-state index in [1.807, 2.05) is 6.07 Å². The van der Waals surface area contributed by atoms with E-state index >= 15 is 0 Å². The highest BCUT2D eigenvalue weighted by atomic mass is 16.5. The van der Waals surface area contributed by atoms with Crippen LogP contribution in [0.4, 0.5) is 0 Å². The molecule has 1 aromatic heterocycles. The van der Waals surface area contributed by atoms with Gasteiger partial charge < -0.3 is 9.30 Å². The van der Waals surface area contributed by atoms with E-state index in [4.69, 9.17) is 4.74 Å². The lowest BCUT2D eigenvalue weighted by molar-refractivity contribution is 0.103. The van der Waals surface area contributed by atoms with E-state index < -0.39 is 11.2 Å². The lowest BCUT2D eigenvalue weighted by Crippen LogP contribution is -2.37. The number of hydrogen-bond donors (Lipinski definition) is 0. The van der Waals surface area contributed by atoms with Crippen molar-refractivity contribution in [3.8, 4) is 5.75 Å². The van der Waals surface area contributed by atoms with E-state index in [1.54, 1.807) is 31.3 Å². The molecule has 0 radical (unpaired) electrons. The Morgan fingerprint density at radius 1 is 1.13 bits per heavy atom. The Kier molecular flexibility index (Phi) is 3.73. The average Bonchev–Trinajstić information content (AvgIpc) is 2.71. The number of hydrogen-bond acceptors (Lipinski definition) is 4. The molecule has 0 fully saturated rings. The van der Waals surface area contributed by atoms with E-state index in [-0.39, 0.29) is 5.78 Å². The van der Waals surface area contributed by atoms with Gasteiger partial charge in [-0.3, -0.25) is 14.2 Å². The maximum Gasteiger partial charge on any atom is 0.330 e. The summed E-state index contributed by atoms with van der Waals surface area (Å²) < 4.78 is 7.93. The highest BCUT2D eigenvalue weighted by Gasteiger charge is 2.21. The minimum atomic E-state index is -0.424. The number of carbonyl (C=O) groups excluding carboxylic acids is 1. The van der Waals surface area contributed by atoms with Crippen molar-refractivity contribution in [3.63, 3.8) is 0 Å². The fraction of sp³-hybridized carbons (Fsp3) is 0.235. The molecule has 3 rings (SSSR count). The number of ether oxygens (including phenoxy) is 1. The van der Waals surface area contributed by atoms with E-state index in [1.165, 1.54) is 17.8 Å². The summed E-state index contributed by atoms with van der Waals surface area (Å²) in [6.07, 6.45) is 3.40. The second-order valence-corrected chi connectivity index (χ2v) is 5.44. The third kappa shape index (κ3) is 2.63. The fourth-order valence-corrected chi connectivity index (χ4v) is 2.60. The van der Waals surface area contributed by atoms with Gasteiger partial charge in [0, 0.05) is 32.3 Å². The average molecular weight is 312 g/mol. The Balaban J connectivity index is 2.12. The molecule has 1 aromatic carbocycles. The first-order chi connectivity index (χ1) is 11.0. The van der Waals surface area contributed by atoms with Crippen molar-refractivity contribution in [1.29, 1.82) is 0 Å². The van der Waals surface area contributed by atoms with Crippen LogP contribution in [0.15, 0.2) is 45.6 Å². The van der Waals surface area contributed by atoms with Crippen LogP contribution in [-0.4, -0.2) is 21.5 Å². The number of aryl methyl sites for hydroxylation is 1. The normalized spacial score (nSPS) is 15.9. The molecule has 2 aromatic rings. The van der Waals surface area contributed by atoms with Gasteiger partial charge in [-0.15, -0.1) is 0 Å². The topological polar surface area (TPSA) is 70.3 Å². The summed E-state index contributed by atoms with van der Waals surface area (Å²) in [6, 6.07) is 7.04. The van der Waals surface area contributed by atoms with Gasteiger partial charge in [-0.1, -0.05) is 12.1 Å². The van der Waals surface area contributed by atoms with Crippen molar-refractivity contribution in [1.82, 2.24) is 9.13 Å². The molecule has 23 heavy (non-hydrogen) atoms. The lowest BCUT2D eigenvalue weighted by atomic mass is 10.00. The Labute approximate surface area is 132 Å². The van der Waals surface area contributed by atoms with Gasteiger partial charge in [0.1, 0.15) is 5.75 Å². The van der Waals surface area contributed by atoms with Crippen molar-refractivity contribution in [3.05, 3.63) is 68.0 Å². The van der Waals surface area contributed by atoms with Crippen molar-refractivity contribution in [2.75, 3.05) is 6.61 Å². The first-order valence-corrected chi connectivity index (χ1v) is 7.23. The standard InChI is InChI=1S/C17H16N2O4/c1-18-10-12(16(21)19(2)17(18)22)9-11-7-8-23-14-6-4-3-5-13(14)15(11)20/h3-6,9-10H,7-8H2,1-2H3. The molecule has 2 heterocycles. The molecule has 118 valence electrons. The molecule has 0 atom stereocenters. The maximum absolute atomic E-state index is 12.7. The predicted octanol–water partition coefficient (Wildman–Crippen LogP) is 1.13. The number of Topliss-reactive ketones (excluding diaryl/α,β-unsaturated/α-hetero) is 1. The number of ketones is 1. The van der Waals surface area contributed by atoms with Crippen LogP contribution in [0.5, 0.6) is 5.75 Å². The van der Waals surface area contributed by atoms with Crippen LogP contribution in [0.25, 0.3) is 6.08 Å². The predicted molar refractivity (Wildman–Crippen MR) is 85.8 cm³/mol. The number of carbonyl (C=O) groups is 1. The Morgan fingerprint density at radius 3 is 2.65 bits per heavy atom. The van der Waals surface area contributed by atoms with Crippen molar-refractivity contribution in [2.45, 2.75) is 6.42 Å². The second kappa shape index (κ2) is 5.72. The van der Waals surface area contributed by atoms with Gasteiger partial charge in [-0.2, -0.15) is 0 Å². The summed E-state index contributed by atoms with van der Waals surface area (Å²) >= 11 is 0. The third-order valence-corrected chi connectivity index (χ3v) is 3.86. The molecule has 6 nitrogen and oxygen atoms in total. The summed E-state index contributed by atoms with van der Waals surface area (Å²) in [5, 5.41) is 0. The van der Waals surface area contributed by atoms with Crippen LogP contribution < -0.4 is 16.0 Å². The first-order valence-electron chi connectivity index (χ1n) is 7.23. The number of para-hydroxylation sites is 1. The molecule has 0 amide bonds. The number of aromatic nitrogens is 2. The van der Waals surface area contributed by atoms with Crippen LogP contribution in [0.1, 0.15) is 22.3 Å². The van der Waals surface area contributed by atoms with E-state index in [0.717, 1.165) is 4.57 Å². The highest BCUT2D eigenvalue weighted by molar-refractivity contribution is 6.13. The van der Waals surface area contributed by atoms with Crippen molar-refractivity contribution in [2.24, 2.45) is 14.1 Å². The highest BCUT2D eigenvalue weighted by Crippen LogP contribution is 2.26. The van der Waals surface area contributed by atoms with E-state index in [2.05, 4.69) is 0 Å². The molecular formula is C17H16N2O4. The molecule has 1 aliphatic heterocycles. The number of fused-ring (bicyclic) bond motifs is 1. The van der Waals surface area contributed by atoms with Gasteiger partial charge in [0.2, 0.25) is 0 Å². The molecular weight excluding hydrogens is 296 g/mol. The number of nitrogens with zero attached hydrogens (tertiary/aromatic N) is 2. The zero-order valence-corrected chi connectivity index (χ0v) is 12.9. The smallest absolute Gasteiger partial charge is 0.330 e. The Morgan fingerprint density at radius 2 is 1.87 bits per heavy atom. The summed E-state index contributed by atoms with van der Waals surface area (Å²) in [4.78, 5) is 36.6. The van der Waals surface area contributed by atoms with Crippen molar-refractivity contribution >= 4 is 11.9 Å². The molecule has 0 saturated carbocycles. The Hall–Kier alpha value is -2.89.